The van der Waals surface area contributed by atoms with Crippen molar-refractivity contribution in [2.24, 2.45) is 10.4 Å². The minimum Gasteiger partial charge on any atom is -0.443 e. The van der Waals surface area contributed by atoms with Crippen LogP contribution in [0.2, 0.25) is 5.02 Å². The van der Waals surface area contributed by atoms with Gasteiger partial charge in [0, 0.05) is 4.47 Å². The average Bonchev–Trinajstić information content (AvgIpc) is 3.61. The highest BCUT2D eigenvalue weighted by molar-refractivity contribution is 9.10. The van der Waals surface area contributed by atoms with Gasteiger partial charge in [-0.15, -0.1) is 4.99 Å². The van der Waals surface area contributed by atoms with Crippen LogP contribution < -0.4 is 5.32 Å². The average molecular weight is 680 g/mol. The van der Waals surface area contributed by atoms with E-state index in [1.54, 1.807) is 18.2 Å². The van der Waals surface area contributed by atoms with Gasteiger partial charge >= 0.3 is 6.09 Å². The Morgan fingerprint density at radius 2 is 1.86 bits per heavy atom. The number of carbonyl (C=O) groups excluding carboxylic acids is 2. The molecule has 0 aliphatic carbocycles. The number of carbonyl (C=O) groups is 2. The van der Waals surface area contributed by atoms with Crippen LogP contribution in [0.15, 0.2) is 94.9 Å². The van der Waals surface area contributed by atoms with Gasteiger partial charge in [0.2, 0.25) is 5.96 Å². The number of hydrogen-bond donors (Lipinski definition) is 2. The second kappa shape index (κ2) is 12.9. The molecule has 1 aliphatic heterocycles. The smallest absolute Gasteiger partial charge is 0.437 e. The molecule has 0 radical (unpaired) electrons. The molecule has 44 heavy (non-hydrogen) atoms. The number of nitrogens with zero attached hydrogens (tertiary/aromatic N) is 5. The fourth-order valence-electron chi connectivity index (χ4n) is 5.34. The number of aromatic nitrogens is 3. The summed E-state index contributed by atoms with van der Waals surface area (Å²) in [5.41, 5.74) is 0.899. The molecule has 0 spiro atoms. The Labute approximate surface area is 268 Å². The van der Waals surface area contributed by atoms with Crippen molar-refractivity contribution < 1.29 is 19.4 Å². The monoisotopic (exact) mass is 678 g/mol. The number of nitrogens with one attached hydrogen (secondary N) is 1. The molecule has 2 heterocycles. The lowest BCUT2D eigenvalue weighted by molar-refractivity contribution is -0.134. The molecule has 1 aliphatic rings. The molecule has 10 nitrogen and oxygen atoms in total. The van der Waals surface area contributed by atoms with Crippen LogP contribution in [0.25, 0.3) is 5.69 Å². The van der Waals surface area contributed by atoms with Gasteiger partial charge < -0.3 is 15.2 Å². The van der Waals surface area contributed by atoms with E-state index in [9.17, 15) is 14.7 Å². The summed E-state index contributed by atoms with van der Waals surface area (Å²) in [6.45, 7) is 5.62. The second-order valence-electron chi connectivity index (χ2n) is 11.7. The van der Waals surface area contributed by atoms with E-state index < -0.39 is 24.3 Å². The van der Waals surface area contributed by atoms with Crippen molar-refractivity contribution in [3.63, 3.8) is 0 Å². The molecule has 3 aromatic carbocycles. The Morgan fingerprint density at radius 1 is 1.14 bits per heavy atom. The Bertz CT molecular complexity index is 1660. The molecule has 1 aromatic heterocycles. The zero-order chi connectivity index (χ0) is 31.5. The molecule has 2 amide bonds. The molecule has 0 bridgehead atoms. The summed E-state index contributed by atoms with van der Waals surface area (Å²) in [5, 5.41) is 18.7. The van der Waals surface area contributed by atoms with Crippen LogP contribution in [-0.2, 0) is 21.7 Å². The maximum Gasteiger partial charge on any atom is 0.437 e. The lowest BCUT2D eigenvalue weighted by Crippen LogP contribution is -2.47. The third-order valence-electron chi connectivity index (χ3n) is 7.18. The Balaban J connectivity index is 1.61. The van der Waals surface area contributed by atoms with Crippen molar-refractivity contribution >= 4 is 45.5 Å². The molecule has 0 saturated carbocycles. The zero-order valence-corrected chi connectivity index (χ0v) is 26.8. The van der Waals surface area contributed by atoms with Gasteiger partial charge in [0.05, 0.1) is 23.4 Å². The van der Waals surface area contributed by atoms with Gasteiger partial charge in [0.15, 0.2) is 0 Å². The summed E-state index contributed by atoms with van der Waals surface area (Å²) in [6.07, 6.45) is 2.36. The molecule has 1 fully saturated rings. The van der Waals surface area contributed by atoms with Crippen molar-refractivity contribution in [2.45, 2.75) is 45.4 Å². The summed E-state index contributed by atoms with van der Waals surface area (Å²) in [7, 11) is 0. The van der Waals surface area contributed by atoms with E-state index in [0.29, 0.717) is 28.3 Å². The highest BCUT2D eigenvalue weighted by atomic mass is 79.9. The van der Waals surface area contributed by atoms with E-state index in [0.717, 1.165) is 10.0 Å². The number of rotatable bonds is 8. The number of benzene rings is 3. The van der Waals surface area contributed by atoms with Crippen LogP contribution in [-0.4, -0.2) is 49.3 Å². The summed E-state index contributed by atoms with van der Waals surface area (Å²) in [5.74, 6) is -0.405. The van der Waals surface area contributed by atoms with Crippen molar-refractivity contribution in [1.29, 1.82) is 0 Å². The Kier molecular flexibility index (Phi) is 9.19. The van der Waals surface area contributed by atoms with Crippen molar-refractivity contribution in [2.75, 3.05) is 6.61 Å². The first-order valence-electron chi connectivity index (χ1n) is 13.9. The van der Waals surface area contributed by atoms with Crippen LogP contribution >= 0.6 is 27.5 Å². The Hall–Kier alpha value is -4.06. The van der Waals surface area contributed by atoms with Gasteiger partial charge in [-0.1, -0.05) is 96.8 Å². The molecule has 1 saturated heterocycles. The number of aliphatic imine (C=N–C) groups is 1. The molecule has 2 atom stereocenters. The van der Waals surface area contributed by atoms with E-state index in [-0.39, 0.29) is 23.9 Å². The molecule has 2 N–H and O–H groups in total. The quantitative estimate of drug-likeness (QED) is 0.228. The minimum atomic E-state index is -1.30. The first-order valence-corrected chi connectivity index (χ1v) is 15.1. The predicted molar refractivity (Wildman–Crippen MR) is 170 cm³/mol. The minimum absolute atomic E-state index is 0.00608. The standard InChI is InChI=1S/C32H32BrClN6O4/c1-31(2,3)18-32(23-10-12-24(33)13-11-23)28(42)40(29(38-32)37-30(43)44-17-21-7-5-4-6-8-21)27(16-41)22-9-14-25(34)26(15-22)39-20-35-19-36-39/h4-15,19-20,27,41H,16-18H2,1-3H3,(H,37,38,43)/t27-,32-/m1/s1. The maximum atomic E-state index is 14.8. The lowest BCUT2D eigenvalue weighted by atomic mass is 9.75. The largest absolute Gasteiger partial charge is 0.443 e. The fourth-order valence-corrected chi connectivity index (χ4v) is 5.81. The second-order valence-corrected chi connectivity index (χ2v) is 13.0. The topological polar surface area (TPSA) is 122 Å². The number of hydrogen-bond acceptors (Lipinski definition) is 6. The predicted octanol–water partition coefficient (Wildman–Crippen LogP) is 6.17. The molecule has 4 aromatic rings. The van der Waals surface area contributed by atoms with Gasteiger partial charge in [-0.05, 0) is 52.8 Å². The highest BCUT2D eigenvalue weighted by Crippen LogP contribution is 2.42. The molecular weight excluding hydrogens is 648 g/mol. The number of ether oxygens (including phenoxy) is 1. The van der Waals surface area contributed by atoms with E-state index in [1.807, 2.05) is 75.4 Å². The number of aliphatic hydroxyl groups excluding tert-OH is 1. The van der Waals surface area contributed by atoms with Crippen LogP contribution in [0, 0.1) is 5.41 Å². The van der Waals surface area contributed by atoms with Gasteiger partial charge in [-0.25, -0.2) is 14.5 Å². The van der Waals surface area contributed by atoms with E-state index in [1.165, 1.54) is 22.2 Å². The SMILES string of the molecule is CC(C)(C)C[C@]1(c2ccc(Br)cc2)NC(=NC(=O)OCc2ccccc2)N([C@H](CO)c2ccc(Cl)c(-n3cncn3)c2)C1=O. The van der Waals surface area contributed by atoms with E-state index in [4.69, 9.17) is 16.3 Å². The number of guanidine groups is 1. The summed E-state index contributed by atoms with van der Waals surface area (Å²) in [4.78, 5) is 37.5. The van der Waals surface area contributed by atoms with Gasteiger partial charge in [0.1, 0.15) is 24.8 Å². The molecule has 0 unspecified atom stereocenters. The summed E-state index contributed by atoms with van der Waals surface area (Å²) >= 11 is 9.96. The highest BCUT2D eigenvalue weighted by Gasteiger charge is 2.55. The van der Waals surface area contributed by atoms with Crippen molar-refractivity contribution in [3.05, 3.63) is 112 Å². The molecule has 228 valence electrons. The van der Waals surface area contributed by atoms with E-state index in [2.05, 4.69) is 36.3 Å². The molecular formula is C32H32BrClN6O4. The van der Waals surface area contributed by atoms with Crippen LogP contribution in [0.1, 0.15) is 49.9 Å². The van der Waals surface area contributed by atoms with Crippen LogP contribution in [0.5, 0.6) is 0 Å². The van der Waals surface area contributed by atoms with Gasteiger partial charge in [-0.2, -0.15) is 5.10 Å². The first-order chi connectivity index (χ1) is 21.0. The molecule has 5 rings (SSSR count). The number of amides is 2. The van der Waals surface area contributed by atoms with Crippen molar-refractivity contribution in [1.82, 2.24) is 25.0 Å². The fraction of sp³-hybridized carbons (Fsp3) is 0.281. The zero-order valence-electron chi connectivity index (χ0n) is 24.4. The van der Waals surface area contributed by atoms with Gasteiger partial charge in [0.25, 0.3) is 5.91 Å². The Morgan fingerprint density at radius 3 is 2.50 bits per heavy atom. The van der Waals surface area contributed by atoms with Crippen LogP contribution in [0.4, 0.5) is 4.79 Å². The van der Waals surface area contributed by atoms with Gasteiger partial charge in [-0.3, -0.25) is 9.69 Å². The summed E-state index contributed by atoms with van der Waals surface area (Å²) < 4.78 is 7.80. The first kappa shape index (κ1) is 31.4. The third kappa shape index (κ3) is 6.69. The number of aliphatic hydroxyl groups is 1. The van der Waals surface area contributed by atoms with Crippen molar-refractivity contribution in [3.8, 4) is 5.69 Å². The van der Waals surface area contributed by atoms with E-state index >= 15 is 0 Å². The third-order valence-corrected chi connectivity index (χ3v) is 8.03. The molecule has 12 heteroatoms. The lowest BCUT2D eigenvalue weighted by Gasteiger charge is -2.34. The normalized spacial score (nSPS) is 18.4. The van der Waals surface area contributed by atoms with Crippen LogP contribution in [0.3, 0.4) is 0 Å². The summed E-state index contributed by atoms with van der Waals surface area (Å²) in [6, 6.07) is 20.8. The maximum absolute atomic E-state index is 14.8. The number of halogens is 2.